The zero-order valence-electron chi connectivity index (χ0n) is 11.4. The molecule has 2 N–H and O–H groups in total. The van der Waals surface area contributed by atoms with Crippen molar-refractivity contribution < 1.29 is 14.3 Å². The molecule has 5 heteroatoms. The Hall–Kier alpha value is -2.04. The molecule has 2 amide bonds. The van der Waals surface area contributed by atoms with E-state index >= 15 is 0 Å². The Morgan fingerprint density at radius 1 is 1.37 bits per heavy atom. The largest absolute Gasteiger partial charge is 0.491 e. The maximum atomic E-state index is 12.0. The van der Waals surface area contributed by atoms with Crippen molar-refractivity contribution in [2.24, 2.45) is 0 Å². The summed E-state index contributed by atoms with van der Waals surface area (Å²) in [5, 5.41) is 5.61. The predicted molar refractivity (Wildman–Crippen MR) is 72.4 cm³/mol. The summed E-state index contributed by atoms with van der Waals surface area (Å²) in [6.45, 7) is 6.10. The first-order chi connectivity index (χ1) is 8.85. The van der Waals surface area contributed by atoms with Gasteiger partial charge in [0.25, 0.3) is 5.91 Å². The Morgan fingerprint density at radius 2 is 2.11 bits per heavy atom. The van der Waals surface area contributed by atoms with Gasteiger partial charge in [0.1, 0.15) is 5.75 Å². The Bertz CT molecular complexity index is 518. The van der Waals surface area contributed by atoms with Gasteiger partial charge in [-0.15, -0.1) is 0 Å². The summed E-state index contributed by atoms with van der Waals surface area (Å²) in [6, 6.07) is 5.04. The van der Waals surface area contributed by atoms with Crippen molar-refractivity contribution >= 4 is 17.5 Å². The van der Waals surface area contributed by atoms with Crippen molar-refractivity contribution in [3.05, 3.63) is 23.8 Å². The molecule has 1 heterocycles. The molecule has 5 nitrogen and oxygen atoms in total. The normalized spacial score (nSPS) is 14.8. The molecule has 1 aromatic carbocycles. The highest BCUT2D eigenvalue weighted by atomic mass is 16.5. The summed E-state index contributed by atoms with van der Waals surface area (Å²) in [5.74, 6) is 0.319. The van der Waals surface area contributed by atoms with E-state index in [1.54, 1.807) is 18.2 Å². The number of hydrogen-bond donors (Lipinski definition) is 2. The fourth-order valence-electron chi connectivity index (χ4n) is 1.77. The number of rotatable bonds is 1. The van der Waals surface area contributed by atoms with Crippen molar-refractivity contribution in [2.45, 2.75) is 32.7 Å². The highest BCUT2D eigenvalue weighted by molar-refractivity contribution is 5.99. The quantitative estimate of drug-likeness (QED) is 0.812. The number of amides is 2. The molecular weight excluding hydrogens is 244 g/mol. The van der Waals surface area contributed by atoms with Crippen LogP contribution in [0.3, 0.4) is 0 Å². The fraction of sp³-hybridized carbons (Fsp3) is 0.429. The third kappa shape index (κ3) is 3.47. The van der Waals surface area contributed by atoms with Gasteiger partial charge < -0.3 is 15.4 Å². The van der Waals surface area contributed by atoms with Crippen LogP contribution in [-0.4, -0.2) is 24.0 Å². The van der Waals surface area contributed by atoms with Gasteiger partial charge in [0.05, 0.1) is 18.7 Å². The summed E-state index contributed by atoms with van der Waals surface area (Å²) in [4.78, 5) is 23.5. The van der Waals surface area contributed by atoms with E-state index in [9.17, 15) is 9.59 Å². The first-order valence-electron chi connectivity index (χ1n) is 6.24. The molecule has 102 valence electrons. The molecule has 1 aliphatic heterocycles. The first kappa shape index (κ1) is 13.4. The Kier molecular flexibility index (Phi) is 3.46. The minimum atomic E-state index is -0.302. The minimum absolute atomic E-state index is 0.105. The Morgan fingerprint density at radius 3 is 2.79 bits per heavy atom. The zero-order chi connectivity index (χ0) is 14.0. The van der Waals surface area contributed by atoms with E-state index in [-0.39, 0.29) is 17.4 Å². The number of fused-ring (bicyclic) bond motifs is 1. The van der Waals surface area contributed by atoms with Crippen LogP contribution < -0.4 is 15.4 Å². The van der Waals surface area contributed by atoms with E-state index in [4.69, 9.17) is 4.74 Å². The molecule has 2 rings (SSSR count). The Labute approximate surface area is 112 Å². The minimum Gasteiger partial charge on any atom is -0.491 e. The lowest BCUT2D eigenvalue weighted by molar-refractivity contribution is -0.116. The highest BCUT2D eigenvalue weighted by Gasteiger charge is 2.19. The second-order valence-electron chi connectivity index (χ2n) is 5.56. The number of hydrogen-bond acceptors (Lipinski definition) is 3. The number of nitrogens with one attached hydrogen (secondary N) is 2. The molecule has 0 aliphatic carbocycles. The van der Waals surface area contributed by atoms with E-state index in [1.807, 2.05) is 20.8 Å². The third-order valence-electron chi connectivity index (χ3n) is 2.59. The van der Waals surface area contributed by atoms with Crippen LogP contribution in [0.5, 0.6) is 5.75 Å². The molecule has 0 saturated carbocycles. The third-order valence-corrected chi connectivity index (χ3v) is 2.59. The number of benzene rings is 1. The smallest absolute Gasteiger partial charge is 0.251 e. The van der Waals surface area contributed by atoms with E-state index < -0.39 is 0 Å². The summed E-state index contributed by atoms with van der Waals surface area (Å²) >= 11 is 0. The van der Waals surface area contributed by atoms with Gasteiger partial charge in [0, 0.05) is 11.1 Å². The number of anilines is 1. The van der Waals surface area contributed by atoms with E-state index in [0.29, 0.717) is 30.0 Å². The molecule has 1 aliphatic rings. The van der Waals surface area contributed by atoms with E-state index in [0.717, 1.165) is 0 Å². The van der Waals surface area contributed by atoms with Crippen LogP contribution in [-0.2, 0) is 4.79 Å². The van der Waals surface area contributed by atoms with Crippen LogP contribution in [0.4, 0.5) is 5.69 Å². The van der Waals surface area contributed by atoms with Gasteiger partial charge in [-0.3, -0.25) is 9.59 Å². The van der Waals surface area contributed by atoms with Crippen LogP contribution in [0.15, 0.2) is 18.2 Å². The van der Waals surface area contributed by atoms with E-state index in [1.165, 1.54) is 0 Å². The molecular formula is C14H18N2O3. The molecule has 0 radical (unpaired) electrons. The molecule has 0 unspecified atom stereocenters. The molecule has 0 saturated heterocycles. The number of ether oxygens (including phenoxy) is 1. The number of carbonyl (C=O) groups is 2. The topological polar surface area (TPSA) is 67.4 Å². The lowest BCUT2D eigenvalue weighted by atomic mass is 10.1. The van der Waals surface area contributed by atoms with Crippen LogP contribution in [0.25, 0.3) is 0 Å². The van der Waals surface area contributed by atoms with Gasteiger partial charge in [-0.1, -0.05) is 0 Å². The monoisotopic (exact) mass is 262 g/mol. The lowest BCUT2D eigenvalue weighted by Crippen LogP contribution is -2.40. The van der Waals surface area contributed by atoms with Crippen LogP contribution in [0, 0.1) is 0 Å². The van der Waals surface area contributed by atoms with Gasteiger partial charge in [0.2, 0.25) is 5.91 Å². The summed E-state index contributed by atoms with van der Waals surface area (Å²) in [7, 11) is 0. The molecule has 19 heavy (non-hydrogen) atoms. The van der Waals surface area contributed by atoms with Gasteiger partial charge in [0.15, 0.2) is 0 Å². The van der Waals surface area contributed by atoms with Gasteiger partial charge in [-0.2, -0.15) is 0 Å². The van der Waals surface area contributed by atoms with Crippen molar-refractivity contribution in [3.63, 3.8) is 0 Å². The Balaban J connectivity index is 2.25. The van der Waals surface area contributed by atoms with Crippen LogP contribution in [0.2, 0.25) is 0 Å². The van der Waals surface area contributed by atoms with Crippen molar-refractivity contribution in [1.82, 2.24) is 5.32 Å². The SMILES string of the molecule is CC(C)(C)NC(=O)c1ccc2c(c1)NC(=O)CCO2. The highest BCUT2D eigenvalue weighted by Crippen LogP contribution is 2.28. The average Bonchev–Trinajstić information content (AvgIpc) is 2.46. The molecule has 0 bridgehead atoms. The lowest BCUT2D eigenvalue weighted by Gasteiger charge is -2.20. The summed E-state index contributed by atoms with van der Waals surface area (Å²) < 4.78 is 5.44. The van der Waals surface area contributed by atoms with Gasteiger partial charge >= 0.3 is 0 Å². The van der Waals surface area contributed by atoms with Crippen LogP contribution in [0.1, 0.15) is 37.6 Å². The van der Waals surface area contributed by atoms with Crippen molar-refractivity contribution in [3.8, 4) is 5.75 Å². The molecule has 0 fully saturated rings. The molecule has 0 atom stereocenters. The zero-order valence-corrected chi connectivity index (χ0v) is 11.4. The van der Waals surface area contributed by atoms with Gasteiger partial charge in [-0.05, 0) is 39.0 Å². The van der Waals surface area contributed by atoms with Gasteiger partial charge in [-0.25, -0.2) is 0 Å². The summed E-state index contributed by atoms with van der Waals surface area (Å²) in [5.41, 5.74) is 0.743. The average molecular weight is 262 g/mol. The summed E-state index contributed by atoms with van der Waals surface area (Å²) in [6.07, 6.45) is 0.318. The predicted octanol–water partition coefficient (Wildman–Crippen LogP) is 1.94. The fourth-order valence-corrected chi connectivity index (χ4v) is 1.77. The second-order valence-corrected chi connectivity index (χ2v) is 5.56. The first-order valence-corrected chi connectivity index (χ1v) is 6.24. The second kappa shape index (κ2) is 4.91. The maximum absolute atomic E-state index is 12.0. The van der Waals surface area contributed by atoms with E-state index in [2.05, 4.69) is 10.6 Å². The van der Waals surface area contributed by atoms with Crippen LogP contribution >= 0.6 is 0 Å². The maximum Gasteiger partial charge on any atom is 0.251 e. The van der Waals surface area contributed by atoms with Crippen molar-refractivity contribution in [2.75, 3.05) is 11.9 Å². The molecule has 1 aromatic rings. The number of carbonyl (C=O) groups excluding carboxylic acids is 2. The van der Waals surface area contributed by atoms with Crippen molar-refractivity contribution in [1.29, 1.82) is 0 Å². The molecule has 0 aromatic heterocycles. The molecule has 0 spiro atoms. The standard InChI is InChI=1S/C14H18N2O3/c1-14(2,3)16-13(18)9-4-5-11-10(8-9)15-12(17)6-7-19-11/h4-5,8H,6-7H2,1-3H3,(H,15,17)(H,16,18).